The van der Waals surface area contributed by atoms with Crippen molar-refractivity contribution in [3.05, 3.63) is 42.5 Å². The zero-order valence-corrected chi connectivity index (χ0v) is 8.60. The van der Waals surface area contributed by atoms with Crippen molar-refractivity contribution in [1.29, 1.82) is 0 Å². The quantitative estimate of drug-likeness (QED) is 0.689. The van der Waals surface area contributed by atoms with Crippen molar-refractivity contribution in [2.75, 3.05) is 13.2 Å². The minimum atomic E-state index is -0.832. The number of aliphatic hydroxyl groups is 2. The monoisotopic (exact) mass is 208 g/mol. The first-order valence-electron chi connectivity index (χ1n) is 4.88. The van der Waals surface area contributed by atoms with Gasteiger partial charge in [0.2, 0.25) is 0 Å². The van der Waals surface area contributed by atoms with E-state index in [9.17, 15) is 0 Å². The molecule has 0 bridgehead atoms. The molecule has 82 valence electrons. The lowest BCUT2D eigenvalue weighted by molar-refractivity contribution is 0.0533. The molecule has 3 heteroatoms. The van der Waals surface area contributed by atoms with Gasteiger partial charge in [-0.3, -0.25) is 0 Å². The van der Waals surface area contributed by atoms with E-state index in [1.807, 2.05) is 24.3 Å². The van der Waals surface area contributed by atoms with Crippen molar-refractivity contribution in [2.24, 2.45) is 0 Å². The molecule has 1 aromatic carbocycles. The van der Waals surface area contributed by atoms with E-state index >= 15 is 0 Å². The average molecular weight is 208 g/mol. The summed E-state index contributed by atoms with van der Waals surface area (Å²) in [4.78, 5) is 0. The zero-order chi connectivity index (χ0) is 11.1. The summed E-state index contributed by atoms with van der Waals surface area (Å²) >= 11 is 0. The highest BCUT2D eigenvalue weighted by molar-refractivity contribution is 5.34. The van der Waals surface area contributed by atoms with Crippen LogP contribution < -0.4 is 4.74 Å². The molecule has 0 spiro atoms. The number of hydrogen-bond acceptors (Lipinski definition) is 3. The van der Waals surface area contributed by atoms with Crippen LogP contribution in [0.25, 0.3) is 0 Å². The third-order valence-electron chi connectivity index (χ3n) is 1.98. The van der Waals surface area contributed by atoms with Gasteiger partial charge in [0.05, 0.1) is 6.61 Å². The minimum Gasteiger partial charge on any atom is -0.491 e. The molecule has 0 aliphatic rings. The molecule has 0 saturated heterocycles. The fourth-order valence-corrected chi connectivity index (χ4v) is 1.21. The summed E-state index contributed by atoms with van der Waals surface area (Å²) in [5, 5.41) is 17.8. The molecule has 0 saturated carbocycles. The Balaban J connectivity index is 2.62. The van der Waals surface area contributed by atoms with Crippen LogP contribution in [-0.4, -0.2) is 29.5 Å². The second-order valence-corrected chi connectivity index (χ2v) is 3.25. The van der Waals surface area contributed by atoms with Gasteiger partial charge in [0.15, 0.2) is 0 Å². The Bertz CT molecular complexity index is 309. The first-order valence-corrected chi connectivity index (χ1v) is 4.88. The zero-order valence-electron chi connectivity index (χ0n) is 8.60. The Morgan fingerprint density at radius 3 is 2.80 bits per heavy atom. The fraction of sp³-hybridized carbons (Fsp3) is 0.333. The Morgan fingerprint density at radius 2 is 2.13 bits per heavy atom. The van der Waals surface area contributed by atoms with E-state index in [4.69, 9.17) is 14.9 Å². The molecule has 0 fully saturated rings. The van der Waals surface area contributed by atoms with Crippen LogP contribution in [-0.2, 0) is 6.42 Å². The second kappa shape index (κ2) is 6.22. The lowest BCUT2D eigenvalue weighted by atomic mass is 10.1. The van der Waals surface area contributed by atoms with Crippen LogP contribution >= 0.6 is 0 Å². The molecule has 0 aromatic heterocycles. The Labute approximate surface area is 89.6 Å². The lowest BCUT2D eigenvalue weighted by Gasteiger charge is -2.12. The van der Waals surface area contributed by atoms with Gasteiger partial charge in [-0.1, -0.05) is 24.3 Å². The van der Waals surface area contributed by atoms with E-state index in [2.05, 4.69) is 6.58 Å². The lowest BCUT2D eigenvalue weighted by Crippen LogP contribution is -2.21. The number of allylic oxidation sites excluding steroid dienone is 1. The minimum absolute atomic E-state index is 0.102. The Hall–Kier alpha value is -1.32. The normalized spacial score (nSPS) is 12.1. The topological polar surface area (TPSA) is 49.7 Å². The van der Waals surface area contributed by atoms with Gasteiger partial charge in [0, 0.05) is 0 Å². The van der Waals surface area contributed by atoms with E-state index in [1.54, 1.807) is 6.08 Å². The maximum atomic E-state index is 9.14. The number of aliphatic hydroxyl groups excluding tert-OH is 2. The Kier molecular flexibility index (Phi) is 4.87. The second-order valence-electron chi connectivity index (χ2n) is 3.25. The highest BCUT2D eigenvalue weighted by Crippen LogP contribution is 2.18. The molecule has 0 radical (unpaired) electrons. The summed E-state index contributed by atoms with van der Waals surface area (Å²) < 4.78 is 5.38. The molecule has 1 aromatic rings. The summed E-state index contributed by atoms with van der Waals surface area (Å²) in [6.45, 7) is 3.48. The molecule has 0 aliphatic heterocycles. The number of hydrogen-bond donors (Lipinski definition) is 2. The van der Waals surface area contributed by atoms with Crippen LogP contribution in [0.4, 0.5) is 0 Å². The third-order valence-corrected chi connectivity index (χ3v) is 1.98. The summed E-state index contributed by atoms with van der Waals surface area (Å²) in [6.07, 6.45) is 1.69. The van der Waals surface area contributed by atoms with Gasteiger partial charge in [0.25, 0.3) is 0 Å². The van der Waals surface area contributed by atoms with Crippen LogP contribution in [0.3, 0.4) is 0 Å². The average Bonchev–Trinajstić information content (AvgIpc) is 2.28. The van der Waals surface area contributed by atoms with Crippen molar-refractivity contribution < 1.29 is 14.9 Å². The largest absolute Gasteiger partial charge is 0.491 e. The maximum absolute atomic E-state index is 9.14. The number of para-hydroxylation sites is 1. The van der Waals surface area contributed by atoms with Crippen molar-refractivity contribution in [3.63, 3.8) is 0 Å². The van der Waals surface area contributed by atoms with Gasteiger partial charge >= 0.3 is 0 Å². The molecule has 0 heterocycles. The van der Waals surface area contributed by atoms with Crippen molar-refractivity contribution >= 4 is 0 Å². The molecular weight excluding hydrogens is 192 g/mol. The molecule has 15 heavy (non-hydrogen) atoms. The van der Waals surface area contributed by atoms with Crippen LogP contribution in [0.15, 0.2) is 36.9 Å². The smallest absolute Gasteiger partial charge is 0.122 e. The molecule has 0 amide bonds. The Morgan fingerprint density at radius 1 is 1.40 bits per heavy atom. The van der Waals surface area contributed by atoms with Gasteiger partial charge in [0.1, 0.15) is 18.5 Å². The third kappa shape index (κ3) is 3.73. The van der Waals surface area contributed by atoms with Crippen molar-refractivity contribution in [2.45, 2.75) is 12.5 Å². The van der Waals surface area contributed by atoms with Gasteiger partial charge in [-0.15, -0.1) is 6.58 Å². The van der Waals surface area contributed by atoms with Crippen molar-refractivity contribution in [1.82, 2.24) is 0 Å². The van der Waals surface area contributed by atoms with Crippen LogP contribution in [0.2, 0.25) is 0 Å². The standard InChI is InChI=1S/C12H16O3/c1-2-5-10-6-3-4-7-12(10)15-9-11(14)8-13/h2-4,6-7,11,13-14H,1,5,8-9H2/t11-/m0/s1. The maximum Gasteiger partial charge on any atom is 0.122 e. The van der Waals surface area contributed by atoms with Gasteiger partial charge in [-0.05, 0) is 18.1 Å². The predicted octanol–water partition coefficient (Wildman–Crippen LogP) is 1.15. The molecule has 1 atom stereocenters. The SMILES string of the molecule is C=CCc1ccccc1OC[C@@H](O)CO. The summed E-state index contributed by atoms with van der Waals surface area (Å²) in [7, 11) is 0. The van der Waals surface area contributed by atoms with E-state index in [-0.39, 0.29) is 13.2 Å². The van der Waals surface area contributed by atoms with E-state index < -0.39 is 6.10 Å². The van der Waals surface area contributed by atoms with E-state index in [0.717, 1.165) is 17.7 Å². The number of benzene rings is 1. The van der Waals surface area contributed by atoms with Gasteiger partial charge < -0.3 is 14.9 Å². The van der Waals surface area contributed by atoms with Gasteiger partial charge in [-0.25, -0.2) is 0 Å². The highest BCUT2D eigenvalue weighted by atomic mass is 16.5. The molecule has 1 rings (SSSR count). The van der Waals surface area contributed by atoms with E-state index in [1.165, 1.54) is 0 Å². The predicted molar refractivity (Wildman–Crippen MR) is 58.9 cm³/mol. The van der Waals surface area contributed by atoms with Gasteiger partial charge in [-0.2, -0.15) is 0 Å². The molecule has 0 unspecified atom stereocenters. The van der Waals surface area contributed by atoms with E-state index in [0.29, 0.717) is 0 Å². The summed E-state index contributed by atoms with van der Waals surface area (Å²) in [5.74, 6) is 0.727. The first kappa shape index (κ1) is 11.8. The molecule has 0 aliphatic carbocycles. The first-order chi connectivity index (χ1) is 7.27. The fourth-order valence-electron chi connectivity index (χ4n) is 1.21. The van der Waals surface area contributed by atoms with Crippen molar-refractivity contribution in [3.8, 4) is 5.75 Å². The summed E-state index contributed by atoms with van der Waals surface area (Å²) in [6, 6.07) is 7.58. The van der Waals surface area contributed by atoms with Crippen LogP contribution in [0.1, 0.15) is 5.56 Å². The molecule has 3 nitrogen and oxygen atoms in total. The highest BCUT2D eigenvalue weighted by Gasteiger charge is 2.05. The van der Waals surface area contributed by atoms with Crippen LogP contribution in [0.5, 0.6) is 5.75 Å². The number of ether oxygens (including phenoxy) is 1. The van der Waals surface area contributed by atoms with Crippen LogP contribution in [0, 0.1) is 0 Å². The molecular formula is C12H16O3. The summed E-state index contributed by atoms with van der Waals surface area (Å²) in [5.41, 5.74) is 1.03. The number of rotatable bonds is 6. The molecule has 2 N–H and O–H groups in total.